The van der Waals surface area contributed by atoms with E-state index in [1.165, 1.54) is 24.3 Å². The number of nitrogens with two attached hydrogens (primary N) is 1. The highest BCUT2D eigenvalue weighted by atomic mass is 35.5. The van der Waals surface area contributed by atoms with Gasteiger partial charge in [-0.15, -0.1) is 0 Å². The average molecular weight is 490 g/mol. The van der Waals surface area contributed by atoms with Crippen molar-refractivity contribution in [1.29, 1.82) is 5.41 Å². The van der Waals surface area contributed by atoms with E-state index in [1.807, 2.05) is 0 Å². The summed E-state index contributed by atoms with van der Waals surface area (Å²) in [4.78, 5) is 15.1. The highest BCUT2D eigenvalue weighted by molar-refractivity contribution is 6.37. The molecule has 0 fully saturated rings. The number of nitrogens with zero attached hydrogens (tertiary/aromatic N) is 1. The molecule has 0 aromatic heterocycles. The summed E-state index contributed by atoms with van der Waals surface area (Å²) >= 11 is 11.6. The monoisotopic (exact) mass is 489 g/mol. The van der Waals surface area contributed by atoms with Gasteiger partial charge in [0, 0.05) is 11.2 Å². The highest BCUT2D eigenvalue weighted by Gasteiger charge is 2.41. The standard InChI is InChI=1S/C20H13Cl2F4N3O3/c21-9-3-1-4-10(7-9)29-18(20(24,25)26)11(8-27)17(30)15(19(31)32)16(28)14-12(22)5-2-6-13(14)23/h1-8,28,30H,27H2,(H,31,32)/b11-8?,17-15+,28-16?,29-18?. The van der Waals surface area contributed by atoms with E-state index < -0.39 is 56.9 Å². The third kappa shape index (κ3) is 5.45. The summed E-state index contributed by atoms with van der Waals surface area (Å²) in [6.45, 7) is 0. The van der Waals surface area contributed by atoms with E-state index in [0.717, 1.165) is 18.2 Å². The molecule has 0 unspecified atom stereocenters. The topological polar surface area (TPSA) is 120 Å². The molecule has 0 spiro atoms. The summed E-state index contributed by atoms with van der Waals surface area (Å²) in [5.41, 5.74) is -1.34. The first-order valence-electron chi connectivity index (χ1n) is 8.42. The predicted octanol–water partition coefficient (Wildman–Crippen LogP) is 5.57. The van der Waals surface area contributed by atoms with Gasteiger partial charge in [0.05, 0.1) is 27.6 Å². The number of hydrogen-bond donors (Lipinski definition) is 4. The normalized spacial score (nSPS) is 13.6. The zero-order chi connectivity index (χ0) is 24.2. The van der Waals surface area contributed by atoms with Gasteiger partial charge < -0.3 is 15.9 Å². The number of aliphatic hydroxyl groups excluding tert-OH is 1. The van der Waals surface area contributed by atoms with Crippen LogP contribution in [0, 0.1) is 11.2 Å². The molecule has 0 radical (unpaired) electrons. The second-order valence-corrected chi connectivity index (χ2v) is 6.86. The minimum absolute atomic E-state index is 0.0630. The molecule has 0 aliphatic heterocycles. The Morgan fingerprint density at radius 1 is 1.12 bits per heavy atom. The maximum atomic E-state index is 14.2. The molecular weight excluding hydrogens is 477 g/mol. The van der Waals surface area contributed by atoms with Crippen molar-refractivity contribution in [3.63, 3.8) is 0 Å². The fraction of sp³-hybridized carbons (Fsp3) is 0.0500. The van der Waals surface area contributed by atoms with Crippen molar-refractivity contribution < 1.29 is 32.6 Å². The Morgan fingerprint density at radius 3 is 2.25 bits per heavy atom. The third-order valence-corrected chi connectivity index (χ3v) is 4.46. The minimum Gasteiger partial charge on any atom is -0.506 e. The summed E-state index contributed by atoms with van der Waals surface area (Å²) < 4.78 is 55.4. The fourth-order valence-corrected chi connectivity index (χ4v) is 2.99. The van der Waals surface area contributed by atoms with Gasteiger partial charge in [-0.2, -0.15) is 13.2 Å². The number of benzene rings is 2. The van der Waals surface area contributed by atoms with E-state index in [1.54, 1.807) is 0 Å². The van der Waals surface area contributed by atoms with Gasteiger partial charge in [0.1, 0.15) is 17.1 Å². The smallest absolute Gasteiger partial charge is 0.434 e. The van der Waals surface area contributed by atoms with Gasteiger partial charge in [-0.05, 0) is 30.3 Å². The molecule has 0 atom stereocenters. The molecule has 2 aromatic carbocycles. The lowest BCUT2D eigenvalue weighted by molar-refractivity contribution is -0.132. The fourth-order valence-electron chi connectivity index (χ4n) is 2.54. The molecule has 0 amide bonds. The van der Waals surface area contributed by atoms with Crippen molar-refractivity contribution >= 4 is 46.3 Å². The number of carboxylic acid groups (broad SMARTS) is 1. The number of aliphatic hydroxyl groups is 1. The maximum Gasteiger partial charge on any atom is 0.434 e. The van der Waals surface area contributed by atoms with E-state index in [2.05, 4.69) is 4.99 Å². The molecule has 0 saturated carbocycles. The molecule has 2 rings (SSSR count). The zero-order valence-electron chi connectivity index (χ0n) is 15.7. The van der Waals surface area contributed by atoms with Crippen LogP contribution in [0.2, 0.25) is 10.0 Å². The first-order chi connectivity index (χ1) is 14.9. The lowest BCUT2D eigenvalue weighted by Gasteiger charge is -2.16. The number of aliphatic carboxylic acids is 1. The lowest BCUT2D eigenvalue weighted by atomic mass is 9.96. The van der Waals surface area contributed by atoms with Crippen molar-refractivity contribution in [3.8, 4) is 0 Å². The van der Waals surface area contributed by atoms with E-state index >= 15 is 0 Å². The van der Waals surface area contributed by atoms with Crippen molar-refractivity contribution in [2.45, 2.75) is 6.18 Å². The van der Waals surface area contributed by atoms with Gasteiger partial charge in [0.2, 0.25) is 0 Å². The van der Waals surface area contributed by atoms with Gasteiger partial charge in [0.15, 0.2) is 5.71 Å². The molecule has 168 valence electrons. The molecule has 0 saturated heterocycles. The number of allylic oxidation sites excluding steroid dienone is 1. The second kappa shape index (κ2) is 9.84. The molecule has 0 aliphatic rings. The van der Waals surface area contributed by atoms with Crippen LogP contribution >= 0.6 is 23.2 Å². The van der Waals surface area contributed by atoms with E-state index in [9.17, 15) is 32.6 Å². The molecule has 2 aromatic rings. The van der Waals surface area contributed by atoms with Crippen LogP contribution in [0.25, 0.3) is 0 Å². The number of nitrogens with one attached hydrogen (secondary N) is 1. The number of carboxylic acids is 1. The van der Waals surface area contributed by atoms with Gasteiger partial charge in [-0.25, -0.2) is 14.2 Å². The number of alkyl halides is 3. The number of halogens is 6. The van der Waals surface area contributed by atoms with Crippen molar-refractivity contribution in [3.05, 3.63) is 87.0 Å². The molecular formula is C20H13Cl2F4N3O3. The Hall–Kier alpha value is -3.37. The second-order valence-electron chi connectivity index (χ2n) is 6.02. The summed E-state index contributed by atoms with van der Waals surface area (Å²) in [5.74, 6) is -4.73. The quantitative estimate of drug-likeness (QED) is 0.139. The van der Waals surface area contributed by atoms with Crippen LogP contribution in [0.4, 0.5) is 23.2 Å². The molecule has 32 heavy (non-hydrogen) atoms. The van der Waals surface area contributed by atoms with Crippen LogP contribution in [-0.4, -0.2) is 33.8 Å². The van der Waals surface area contributed by atoms with Gasteiger partial charge in [-0.3, -0.25) is 5.41 Å². The zero-order valence-corrected chi connectivity index (χ0v) is 17.2. The van der Waals surface area contributed by atoms with Crippen molar-refractivity contribution in [2.75, 3.05) is 0 Å². The Kier molecular flexibility index (Phi) is 7.65. The number of rotatable bonds is 6. The number of hydrogen-bond acceptors (Lipinski definition) is 5. The van der Waals surface area contributed by atoms with E-state index in [4.69, 9.17) is 34.3 Å². The molecule has 0 aliphatic carbocycles. The first kappa shape index (κ1) is 24.9. The third-order valence-electron chi connectivity index (χ3n) is 3.91. The molecule has 0 heterocycles. The van der Waals surface area contributed by atoms with E-state index in [0.29, 0.717) is 0 Å². The molecule has 0 bridgehead atoms. The minimum atomic E-state index is -5.22. The molecule has 12 heteroatoms. The average Bonchev–Trinajstić information content (AvgIpc) is 2.67. The van der Waals surface area contributed by atoms with Gasteiger partial charge >= 0.3 is 12.1 Å². The van der Waals surface area contributed by atoms with Crippen molar-refractivity contribution in [2.24, 2.45) is 10.7 Å². The van der Waals surface area contributed by atoms with Crippen LogP contribution in [0.1, 0.15) is 5.56 Å². The largest absolute Gasteiger partial charge is 0.506 e. The molecule has 6 nitrogen and oxygen atoms in total. The number of carbonyl (C=O) groups is 1. The SMILES string of the molecule is N=C(/C(C(=O)O)=C(\O)C(=CN)C(=Nc1cccc(Cl)c1)C(F)(F)F)c1c(F)cccc1Cl. The Labute approximate surface area is 188 Å². The van der Waals surface area contributed by atoms with Crippen LogP contribution in [0.15, 0.2) is 70.6 Å². The van der Waals surface area contributed by atoms with Crippen molar-refractivity contribution in [1.82, 2.24) is 0 Å². The molecule has 5 N–H and O–H groups in total. The van der Waals surface area contributed by atoms with Gasteiger partial charge in [0.25, 0.3) is 0 Å². The van der Waals surface area contributed by atoms with Crippen LogP contribution in [0.3, 0.4) is 0 Å². The van der Waals surface area contributed by atoms with Gasteiger partial charge in [-0.1, -0.05) is 35.3 Å². The Bertz CT molecular complexity index is 1150. The Balaban J connectivity index is 2.77. The highest BCUT2D eigenvalue weighted by Crippen LogP contribution is 2.31. The van der Waals surface area contributed by atoms with Crippen LogP contribution in [0.5, 0.6) is 0 Å². The van der Waals surface area contributed by atoms with Crippen LogP contribution < -0.4 is 5.73 Å². The maximum absolute atomic E-state index is 14.2. The lowest BCUT2D eigenvalue weighted by Crippen LogP contribution is -2.28. The Morgan fingerprint density at radius 2 is 1.75 bits per heavy atom. The summed E-state index contributed by atoms with van der Waals surface area (Å²) in [6.07, 6.45) is -4.95. The van der Waals surface area contributed by atoms with E-state index in [-0.39, 0.29) is 16.9 Å². The predicted molar refractivity (Wildman–Crippen MR) is 112 cm³/mol. The summed E-state index contributed by atoms with van der Waals surface area (Å²) in [5, 5.41) is 27.6. The van der Waals surface area contributed by atoms with Crippen LogP contribution in [-0.2, 0) is 4.79 Å². The number of aliphatic imine (C=N–C) groups is 1. The summed E-state index contributed by atoms with van der Waals surface area (Å²) in [6, 6.07) is 8.11. The first-order valence-corrected chi connectivity index (χ1v) is 9.18. The summed E-state index contributed by atoms with van der Waals surface area (Å²) in [7, 11) is 0.